The highest BCUT2D eigenvalue weighted by molar-refractivity contribution is 7.09. The highest BCUT2D eigenvalue weighted by Gasteiger charge is 2.14. The molecule has 72 valence electrons. The summed E-state index contributed by atoms with van der Waals surface area (Å²) >= 11 is 12.5. The first-order valence-electron chi connectivity index (χ1n) is 3.69. The van der Waals surface area contributed by atoms with E-state index in [4.69, 9.17) is 33.3 Å². The fourth-order valence-corrected chi connectivity index (χ4v) is 1.79. The molecule has 0 aliphatic carbocycles. The second kappa shape index (κ2) is 4.79. The standard InChI is InChI=1S/C7H8Cl2N2OS/c1-2-3-12-7(10)5-4(8)6(9)11-13-5/h10H,2-3H2,1H3. The molecule has 1 heterocycles. The summed E-state index contributed by atoms with van der Waals surface area (Å²) in [6, 6.07) is 0. The maximum absolute atomic E-state index is 7.49. The molecule has 1 aromatic heterocycles. The Morgan fingerprint density at radius 3 is 2.77 bits per heavy atom. The fourth-order valence-electron chi connectivity index (χ4n) is 0.670. The molecule has 0 unspecified atom stereocenters. The average Bonchev–Trinajstić information content (AvgIpc) is 2.44. The molecule has 0 aliphatic heterocycles. The van der Waals surface area contributed by atoms with Crippen LogP contribution in [-0.2, 0) is 4.74 Å². The minimum absolute atomic E-state index is 0.0382. The number of nitrogens with one attached hydrogen (secondary N) is 1. The Morgan fingerprint density at radius 1 is 1.62 bits per heavy atom. The number of hydrogen-bond acceptors (Lipinski definition) is 4. The van der Waals surface area contributed by atoms with E-state index in [2.05, 4.69) is 4.37 Å². The summed E-state index contributed by atoms with van der Waals surface area (Å²) in [7, 11) is 0. The third-order valence-electron chi connectivity index (χ3n) is 1.25. The Balaban J connectivity index is 2.71. The molecule has 0 radical (unpaired) electrons. The minimum Gasteiger partial charge on any atom is -0.477 e. The van der Waals surface area contributed by atoms with Gasteiger partial charge in [0, 0.05) is 0 Å². The van der Waals surface area contributed by atoms with Crippen molar-refractivity contribution in [1.29, 1.82) is 5.41 Å². The van der Waals surface area contributed by atoms with Crippen LogP contribution in [0.3, 0.4) is 0 Å². The van der Waals surface area contributed by atoms with E-state index in [1.165, 1.54) is 0 Å². The third-order valence-corrected chi connectivity index (χ3v) is 3.05. The average molecular weight is 239 g/mol. The van der Waals surface area contributed by atoms with E-state index in [-0.39, 0.29) is 11.1 Å². The number of hydrogen-bond donors (Lipinski definition) is 1. The zero-order chi connectivity index (χ0) is 9.84. The molecule has 0 saturated heterocycles. The highest BCUT2D eigenvalue weighted by atomic mass is 35.5. The minimum atomic E-state index is 0.0382. The van der Waals surface area contributed by atoms with Gasteiger partial charge in [-0.1, -0.05) is 30.1 Å². The maximum Gasteiger partial charge on any atom is 0.226 e. The van der Waals surface area contributed by atoms with Crippen LogP contribution in [0, 0.1) is 5.41 Å². The summed E-state index contributed by atoms with van der Waals surface area (Å²) in [6.07, 6.45) is 0.854. The van der Waals surface area contributed by atoms with Gasteiger partial charge in [0.15, 0.2) is 5.15 Å². The molecule has 6 heteroatoms. The van der Waals surface area contributed by atoms with Crippen LogP contribution in [0.5, 0.6) is 0 Å². The topological polar surface area (TPSA) is 46.0 Å². The quantitative estimate of drug-likeness (QED) is 0.650. The van der Waals surface area contributed by atoms with Gasteiger partial charge in [-0.25, -0.2) is 0 Å². The molecule has 0 atom stereocenters. The zero-order valence-electron chi connectivity index (χ0n) is 6.93. The zero-order valence-corrected chi connectivity index (χ0v) is 9.26. The molecule has 1 N–H and O–H groups in total. The molecule has 1 aromatic rings. The molecule has 0 fully saturated rings. The molecule has 3 nitrogen and oxygen atoms in total. The number of aromatic nitrogens is 1. The Kier molecular flexibility index (Phi) is 3.96. The van der Waals surface area contributed by atoms with Gasteiger partial charge >= 0.3 is 0 Å². The van der Waals surface area contributed by atoms with E-state index in [0.29, 0.717) is 16.5 Å². The van der Waals surface area contributed by atoms with Crippen molar-refractivity contribution in [3.63, 3.8) is 0 Å². The second-order valence-corrected chi connectivity index (χ2v) is 3.80. The van der Waals surface area contributed by atoms with Gasteiger partial charge < -0.3 is 4.74 Å². The van der Waals surface area contributed by atoms with Crippen molar-refractivity contribution in [3.05, 3.63) is 15.1 Å². The Hall–Kier alpha value is -0.320. The van der Waals surface area contributed by atoms with Gasteiger partial charge in [-0.05, 0) is 18.0 Å². The van der Waals surface area contributed by atoms with E-state index in [9.17, 15) is 0 Å². The van der Waals surface area contributed by atoms with Crippen LogP contribution < -0.4 is 0 Å². The molecule has 1 rings (SSSR count). The van der Waals surface area contributed by atoms with Crippen LogP contribution in [0.2, 0.25) is 10.2 Å². The predicted octanol–water partition coefficient (Wildman–Crippen LogP) is 3.20. The van der Waals surface area contributed by atoms with Crippen LogP contribution in [-0.4, -0.2) is 16.9 Å². The lowest BCUT2D eigenvalue weighted by Gasteiger charge is -2.02. The molecular weight excluding hydrogens is 231 g/mol. The van der Waals surface area contributed by atoms with E-state index in [0.717, 1.165) is 18.0 Å². The van der Waals surface area contributed by atoms with Crippen LogP contribution >= 0.6 is 34.7 Å². The molecule has 0 saturated carbocycles. The van der Waals surface area contributed by atoms with Crippen molar-refractivity contribution < 1.29 is 4.74 Å². The Morgan fingerprint density at radius 2 is 2.31 bits per heavy atom. The number of rotatable bonds is 3. The molecule has 0 aromatic carbocycles. The lowest BCUT2D eigenvalue weighted by atomic mass is 10.5. The molecule has 0 aliphatic rings. The number of ether oxygens (including phenoxy) is 1. The largest absolute Gasteiger partial charge is 0.477 e. The van der Waals surface area contributed by atoms with E-state index in [1.807, 2.05) is 6.92 Å². The smallest absolute Gasteiger partial charge is 0.226 e. The molecule has 0 spiro atoms. The van der Waals surface area contributed by atoms with Crippen molar-refractivity contribution in [3.8, 4) is 0 Å². The molecule has 0 amide bonds. The predicted molar refractivity (Wildman–Crippen MR) is 55.2 cm³/mol. The second-order valence-electron chi connectivity index (χ2n) is 2.29. The first kappa shape index (κ1) is 10.8. The molecule has 0 bridgehead atoms. The number of nitrogens with zero attached hydrogens (tertiary/aromatic N) is 1. The van der Waals surface area contributed by atoms with E-state index >= 15 is 0 Å². The van der Waals surface area contributed by atoms with Crippen LogP contribution in [0.15, 0.2) is 0 Å². The van der Waals surface area contributed by atoms with Crippen LogP contribution in [0.25, 0.3) is 0 Å². The lowest BCUT2D eigenvalue weighted by molar-refractivity contribution is 0.304. The van der Waals surface area contributed by atoms with E-state index in [1.54, 1.807) is 0 Å². The summed E-state index contributed by atoms with van der Waals surface area (Å²) in [5.41, 5.74) is 0. The maximum atomic E-state index is 7.49. The van der Waals surface area contributed by atoms with Gasteiger partial charge in [0.05, 0.1) is 6.61 Å². The summed E-state index contributed by atoms with van der Waals surface area (Å²) in [5, 5.41) is 8.02. The monoisotopic (exact) mass is 238 g/mol. The Labute approximate surface area is 90.3 Å². The van der Waals surface area contributed by atoms with Gasteiger partial charge in [0.25, 0.3) is 0 Å². The van der Waals surface area contributed by atoms with Crippen molar-refractivity contribution in [2.24, 2.45) is 0 Å². The van der Waals surface area contributed by atoms with Gasteiger partial charge in [-0.2, -0.15) is 4.37 Å². The van der Waals surface area contributed by atoms with Gasteiger partial charge in [0.2, 0.25) is 5.90 Å². The first-order valence-corrected chi connectivity index (χ1v) is 5.22. The summed E-state index contributed by atoms with van der Waals surface area (Å²) in [6.45, 7) is 2.47. The lowest BCUT2D eigenvalue weighted by Crippen LogP contribution is -2.04. The highest BCUT2D eigenvalue weighted by Crippen LogP contribution is 2.28. The van der Waals surface area contributed by atoms with Gasteiger partial charge in [-0.3, -0.25) is 5.41 Å². The number of halogens is 2. The fraction of sp³-hybridized carbons (Fsp3) is 0.429. The van der Waals surface area contributed by atoms with Gasteiger partial charge in [-0.15, -0.1) is 0 Å². The first-order chi connectivity index (χ1) is 6.16. The SMILES string of the molecule is CCCOC(=N)c1snc(Cl)c1Cl. The summed E-state index contributed by atoms with van der Waals surface area (Å²) in [5.74, 6) is 0.0382. The van der Waals surface area contributed by atoms with Crippen molar-refractivity contribution in [2.45, 2.75) is 13.3 Å². The normalized spacial score (nSPS) is 10.1. The molecular formula is C7H8Cl2N2OS. The summed E-state index contributed by atoms with van der Waals surface area (Å²) in [4.78, 5) is 0.486. The van der Waals surface area contributed by atoms with Crippen LogP contribution in [0.1, 0.15) is 18.2 Å². The van der Waals surface area contributed by atoms with Gasteiger partial charge in [0.1, 0.15) is 9.90 Å². The molecule has 13 heavy (non-hydrogen) atoms. The van der Waals surface area contributed by atoms with Crippen molar-refractivity contribution in [2.75, 3.05) is 6.61 Å². The third kappa shape index (κ3) is 2.56. The van der Waals surface area contributed by atoms with E-state index < -0.39 is 0 Å². The van der Waals surface area contributed by atoms with Crippen LogP contribution in [0.4, 0.5) is 0 Å². The Bertz CT molecular complexity index is 313. The van der Waals surface area contributed by atoms with Crippen molar-refractivity contribution in [1.82, 2.24) is 4.37 Å². The van der Waals surface area contributed by atoms with Crippen molar-refractivity contribution >= 4 is 40.6 Å². The summed E-state index contributed by atoms with van der Waals surface area (Å²) < 4.78 is 8.88.